The molecule has 0 bridgehead atoms. The van der Waals surface area contributed by atoms with Crippen LogP contribution in [0.3, 0.4) is 0 Å². The third-order valence-electron chi connectivity index (χ3n) is 4.52. The summed E-state index contributed by atoms with van der Waals surface area (Å²) >= 11 is 22.0. The van der Waals surface area contributed by atoms with Crippen LogP contribution in [-0.2, 0) is 16.1 Å². The Labute approximate surface area is 212 Å². The van der Waals surface area contributed by atoms with Gasteiger partial charge in [-0.3, -0.25) is 9.59 Å². The van der Waals surface area contributed by atoms with Crippen molar-refractivity contribution in [2.75, 3.05) is 6.61 Å². The van der Waals surface area contributed by atoms with Crippen LogP contribution in [0, 0.1) is 0 Å². The maximum Gasteiger partial charge on any atom is 0.261 e. The van der Waals surface area contributed by atoms with Crippen molar-refractivity contribution in [2.45, 2.75) is 52.2 Å². The highest BCUT2D eigenvalue weighted by Crippen LogP contribution is 2.29. The van der Waals surface area contributed by atoms with Crippen molar-refractivity contribution in [1.29, 1.82) is 0 Å². The molecule has 0 aliphatic rings. The molecule has 0 radical (unpaired) electrons. The van der Waals surface area contributed by atoms with E-state index in [4.69, 9.17) is 39.5 Å². The van der Waals surface area contributed by atoms with Crippen LogP contribution in [0.1, 0.15) is 39.7 Å². The number of hydrogen-bond acceptors (Lipinski definition) is 3. The Morgan fingerprint density at radius 2 is 1.75 bits per heavy atom. The van der Waals surface area contributed by atoms with Crippen LogP contribution >= 0.6 is 50.7 Å². The molecule has 32 heavy (non-hydrogen) atoms. The topological polar surface area (TPSA) is 58.6 Å². The summed E-state index contributed by atoms with van der Waals surface area (Å²) in [5.41, 5.74) is 0.116. The Kier molecular flexibility index (Phi) is 9.70. The Morgan fingerprint density at radius 1 is 1.12 bits per heavy atom. The van der Waals surface area contributed by atoms with Gasteiger partial charge in [0.05, 0.1) is 4.47 Å². The van der Waals surface area contributed by atoms with Gasteiger partial charge in [-0.1, -0.05) is 47.8 Å². The average Bonchev–Trinajstić information content (AvgIpc) is 2.67. The maximum atomic E-state index is 13.3. The minimum atomic E-state index is -0.730. The summed E-state index contributed by atoms with van der Waals surface area (Å²) in [6.45, 7) is 7.29. The molecular weight excluding hydrogens is 539 g/mol. The van der Waals surface area contributed by atoms with Gasteiger partial charge >= 0.3 is 0 Å². The molecule has 5 nitrogen and oxygen atoms in total. The number of ether oxygens (including phenoxy) is 1. The lowest BCUT2D eigenvalue weighted by atomic mass is 10.1. The van der Waals surface area contributed by atoms with Crippen molar-refractivity contribution in [2.24, 2.45) is 0 Å². The smallest absolute Gasteiger partial charge is 0.261 e. The largest absolute Gasteiger partial charge is 0.483 e. The molecule has 2 aromatic carbocycles. The van der Waals surface area contributed by atoms with Gasteiger partial charge in [0, 0.05) is 32.7 Å². The van der Waals surface area contributed by atoms with Crippen molar-refractivity contribution >= 4 is 62.5 Å². The molecule has 0 fully saturated rings. The van der Waals surface area contributed by atoms with Gasteiger partial charge in [-0.15, -0.1) is 0 Å². The van der Waals surface area contributed by atoms with Crippen LogP contribution in [-0.4, -0.2) is 34.9 Å². The van der Waals surface area contributed by atoms with Crippen LogP contribution in [0.4, 0.5) is 0 Å². The zero-order chi connectivity index (χ0) is 24.1. The van der Waals surface area contributed by atoms with Crippen LogP contribution in [0.25, 0.3) is 0 Å². The Balaban J connectivity index is 2.33. The van der Waals surface area contributed by atoms with Crippen LogP contribution < -0.4 is 10.1 Å². The van der Waals surface area contributed by atoms with E-state index in [2.05, 4.69) is 21.2 Å². The molecule has 174 valence electrons. The lowest BCUT2D eigenvalue weighted by molar-refractivity contribution is -0.143. The minimum absolute atomic E-state index is 0.0680. The fourth-order valence-corrected chi connectivity index (χ4v) is 4.35. The van der Waals surface area contributed by atoms with E-state index >= 15 is 0 Å². The van der Waals surface area contributed by atoms with Gasteiger partial charge in [0.15, 0.2) is 6.61 Å². The van der Waals surface area contributed by atoms with E-state index in [1.165, 1.54) is 4.90 Å². The summed E-state index contributed by atoms with van der Waals surface area (Å²) in [6, 6.07) is 9.40. The number of carbonyl (C=O) groups is 2. The third kappa shape index (κ3) is 7.55. The fraction of sp³-hybridized carbons (Fsp3) is 0.391. The second kappa shape index (κ2) is 11.6. The standard InChI is InChI=1S/C23H26BrCl3N2O3/c1-5-19(22(31)28-23(2,3)4)29(12-15-17(26)7-6-8-18(15)27)21(30)13-32-20-10-9-14(25)11-16(20)24/h6-11,19H,5,12-13H2,1-4H3,(H,28,31)/t19-/m0/s1. The number of hydrogen-bond donors (Lipinski definition) is 1. The lowest BCUT2D eigenvalue weighted by Gasteiger charge is -2.33. The van der Waals surface area contributed by atoms with E-state index in [0.29, 0.717) is 37.3 Å². The third-order valence-corrected chi connectivity index (χ3v) is 6.08. The summed E-state index contributed by atoms with van der Waals surface area (Å²) in [4.78, 5) is 27.8. The molecule has 0 aliphatic heterocycles. The number of carbonyl (C=O) groups excluding carboxylic acids is 2. The van der Waals surface area contributed by atoms with Crippen molar-refractivity contribution in [3.8, 4) is 5.75 Å². The molecule has 1 N–H and O–H groups in total. The normalized spacial score (nSPS) is 12.2. The second-order valence-corrected chi connectivity index (χ2v) is 10.4. The van der Waals surface area contributed by atoms with E-state index in [0.717, 1.165) is 0 Å². The first kappa shape index (κ1) is 26.8. The van der Waals surface area contributed by atoms with Gasteiger partial charge in [-0.05, 0) is 73.5 Å². The molecule has 0 unspecified atom stereocenters. The number of nitrogens with zero attached hydrogens (tertiary/aromatic N) is 1. The van der Waals surface area contributed by atoms with Crippen LogP contribution in [0.15, 0.2) is 40.9 Å². The molecule has 2 amide bonds. The van der Waals surface area contributed by atoms with Gasteiger partial charge in [0.2, 0.25) is 5.91 Å². The predicted octanol–water partition coefficient (Wildman–Crippen LogP) is 6.51. The molecule has 9 heteroatoms. The van der Waals surface area contributed by atoms with E-state index in [1.807, 2.05) is 27.7 Å². The highest BCUT2D eigenvalue weighted by molar-refractivity contribution is 9.10. The number of benzene rings is 2. The highest BCUT2D eigenvalue weighted by atomic mass is 79.9. The summed E-state index contributed by atoms with van der Waals surface area (Å²) in [6.07, 6.45) is 0.403. The summed E-state index contributed by atoms with van der Waals surface area (Å²) < 4.78 is 6.33. The lowest BCUT2D eigenvalue weighted by Crippen LogP contribution is -2.54. The fourth-order valence-electron chi connectivity index (χ4n) is 3.04. The quantitative estimate of drug-likeness (QED) is 0.398. The number of nitrogens with one attached hydrogen (secondary N) is 1. The number of halogens is 4. The highest BCUT2D eigenvalue weighted by Gasteiger charge is 2.31. The molecule has 0 aliphatic carbocycles. The van der Waals surface area contributed by atoms with Gasteiger partial charge in [0.1, 0.15) is 11.8 Å². The average molecular weight is 565 g/mol. The van der Waals surface area contributed by atoms with Gasteiger partial charge in [-0.25, -0.2) is 0 Å². The Bertz CT molecular complexity index is 959. The molecule has 0 saturated heterocycles. The first-order chi connectivity index (χ1) is 14.9. The maximum absolute atomic E-state index is 13.3. The molecule has 2 rings (SSSR count). The van der Waals surface area contributed by atoms with Gasteiger partial charge < -0.3 is 15.0 Å². The number of amides is 2. The van der Waals surface area contributed by atoms with Crippen molar-refractivity contribution < 1.29 is 14.3 Å². The first-order valence-electron chi connectivity index (χ1n) is 10.0. The van der Waals surface area contributed by atoms with Gasteiger partial charge in [0.25, 0.3) is 5.91 Å². The van der Waals surface area contributed by atoms with Crippen molar-refractivity contribution in [3.63, 3.8) is 0 Å². The Hall–Kier alpha value is -1.47. The SMILES string of the molecule is CC[C@@H](C(=O)NC(C)(C)C)N(Cc1c(Cl)cccc1Cl)C(=O)COc1ccc(Cl)cc1Br. The van der Waals surface area contributed by atoms with Crippen LogP contribution in [0.5, 0.6) is 5.75 Å². The molecule has 2 aromatic rings. The summed E-state index contributed by atoms with van der Waals surface area (Å²) in [5.74, 6) is -0.173. The molecule has 0 spiro atoms. The molecule has 0 saturated carbocycles. The molecular formula is C23H26BrCl3N2O3. The van der Waals surface area contributed by atoms with Crippen molar-refractivity contribution in [1.82, 2.24) is 10.2 Å². The van der Waals surface area contributed by atoms with E-state index in [9.17, 15) is 9.59 Å². The van der Waals surface area contributed by atoms with Crippen molar-refractivity contribution in [3.05, 3.63) is 61.5 Å². The van der Waals surface area contributed by atoms with Gasteiger partial charge in [-0.2, -0.15) is 0 Å². The van der Waals surface area contributed by atoms with E-state index in [1.54, 1.807) is 36.4 Å². The minimum Gasteiger partial charge on any atom is -0.483 e. The van der Waals surface area contributed by atoms with Crippen LogP contribution in [0.2, 0.25) is 15.1 Å². The first-order valence-corrected chi connectivity index (χ1v) is 12.0. The molecule has 1 atom stereocenters. The molecule has 0 heterocycles. The van der Waals surface area contributed by atoms with E-state index in [-0.39, 0.29) is 25.0 Å². The van der Waals surface area contributed by atoms with E-state index < -0.39 is 11.6 Å². The number of rotatable bonds is 8. The second-order valence-electron chi connectivity index (χ2n) is 8.25. The summed E-state index contributed by atoms with van der Waals surface area (Å²) in [5, 5.41) is 4.32. The zero-order valence-electron chi connectivity index (χ0n) is 18.3. The monoisotopic (exact) mass is 562 g/mol. The Morgan fingerprint density at radius 3 is 2.28 bits per heavy atom. The predicted molar refractivity (Wildman–Crippen MR) is 134 cm³/mol. The zero-order valence-corrected chi connectivity index (χ0v) is 22.2. The summed E-state index contributed by atoms with van der Waals surface area (Å²) in [7, 11) is 0. The molecule has 0 aromatic heterocycles.